The molecular formula is C23H17F2N5O4S. The molecule has 0 saturated carbocycles. The smallest absolute Gasteiger partial charge is 0.387 e. The van der Waals surface area contributed by atoms with Crippen LogP contribution in [0.15, 0.2) is 70.9 Å². The normalized spacial score (nSPS) is 12.0. The molecule has 3 aromatic heterocycles. The van der Waals surface area contributed by atoms with Crippen molar-refractivity contribution in [2.45, 2.75) is 11.8 Å². The van der Waals surface area contributed by atoms with E-state index in [9.17, 15) is 22.0 Å². The van der Waals surface area contributed by atoms with Crippen molar-refractivity contribution >= 4 is 31.8 Å². The molecule has 2 aromatic carbocycles. The van der Waals surface area contributed by atoms with Crippen LogP contribution in [-0.2, 0) is 16.9 Å². The van der Waals surface area contributed by atoms with E-state index in [0.29, 0.717) is 16.5 Å². The molecule has 0 aliphatic rings. The standard InChI is InChI=1S/C23H17F2N5O4S/c1-29-12-15-9-13(3-8-19(15)28-29)18-10-14-11-26-23(35(2,32)33)27-20(14)30(21(18)31)16-4-6-17(7-5-16)34-22(24)25/h3-12,22H,1-2H3. The summed E-state index contributed by atoms with van der Waals surface area (Å²) in [6.45, 7) is -3.00. The van der Waals surface area contributed by atoms with E-state index >= 15 is 0 Å². The van der Waals surface area contributed by atoms with Gasteiger partial charge in [-0.15, -0.1) is 0 Å². The monoisotopic (exact) mass is 497 g/mol. The van der Waals surface area contributed by atoms with Gasteiger partial charge in [0, 0.05) is 42.0 Å². The van der Waals surface area contributed by atoms with Gasteiger partial charge in [-0.25, -0.2) is 13.4 Å². The first kappa shape index (κ1) is 22.6. The molecule has 0 fully saturated rings. The Bertz CT molecular complexity index is 1760. The number of rotatable bonds is 5. The van der Waals surface area contributed by atoms with Gasteiger partial charge in [-0.2, -0.15) is 18.9 Å². The van der Waals surface area contributed by atoms with Gasteiger partial charge in [-0.1, -0.05) is 6.07 Å². The van der Waals surface area contributed by atoms with Gasteiger partial charge in [0.15, 0.2) is 5.65 Å². The summed E-state index contributed by atoms with van der Waals surface area (Å²) in [6.07, 6.45) is 4.11. The second kappa shape index (κ2) is 8.24. The zero-order valence-electron chi connectivity index (χ0n) is 18.4. The molecule has 5 aromatic rings. The third-order valence-corrected chi connectivity index (χ3v) is 6.16. The number of alkyl halides is 2. The fraction of sp³-hybridized carbons (Fsp3) is 0.130. The second-order valence-electron chi connectivity index (χ2n) is 7.85. The van der Waals surface area contributed by atoms with Gasteiger partial charge in [0.2, 0.25) is 15.0 Å². The predicted octanol–water partition coefficient (Wildman–Crippen LogP) is 3.34. The molecule has 0 saturated heterocycles. The topological polar surface area (TPSA) is 109 Å². The average molecular weight is 497 g/mol. The van der Waals surface area contributed by atoms with E-state index < -0.39 is 27.2 Å². The minimum absolute atomic E-state index is 0.0548. The third-order valence-electron chi connectivity index (χ3n) is 5.30. The summed E-state index contributed by atoms with van der Waals surface area (Å²) in [5.41, 5.74) is 1.53. The first-order chi connectivity index (χ1) is 16.6. The molecule has 5 rings (SSSR count). The highest BCUT2D eigenvalue weighted by Gasteiger charge is 2.19. The quantitative estimate of drug-likeness (QED) is 0.343. The van der Waals surface area contributed by atoms with Crippen molar-refractivity contribution in [2.24, 2.45) is 7.05 Å². The summed E-state index contributed by atoms with van der Waals surface area (Å²) in [5.74, 6) is -0.0919. The van der Waals surface area contributed by atoms with Gasteiger partial charge in [-0.05, 0) is 48.0 Å². The number of fused-ring (bicyclic) bond motifs is 2. The van der Waals surface area contributed by atoms with E-state index in [0.717, 1.165) is 17.2 Å². The van der Waals surface area contributed by atoms with E-state index in [2.05, 4.69) is 19.8 Å². The van der Waals surface area contributed by atoms with Gasteiger partial charge < -0.3 is 4.74 Å². The van der Waals surface area contributed by atoms with Crippen LogP contribution in [0.4, 0.5) is 8.78 Å². The zero-order chi connectivity index (χ0) is 24.9. The highest BCUT2D eigenvalue weighted by Crippen LogP contribution is 2.26. The third kappa shape index (κ3) is 4.23. The van der Waals surface area contributed by atoms with Crippen LogP contribution in [0.2, 0.25) is 0 Å². The summed E-state index contributed by atoms with van der Waals surface area (Å²) in [6, 6.07) is 12.3. The van der Waals surface area contributed by atoms with Crippen LogP contribution in [0.1, 0.15) is 0 Å². The number of hydrogen-bond acceptors (Lipinski definition) is 7. The zero-order valence-corrected chi connectivity index (χ0v) is 19.2. The van der Waals surface area contributed by atoms with Crippen molar-refractivity contribution in [1.82, 2.24) is 24.3 Å². The summed E-state index contributed by atoms with van der Waals surface area (Å²) >= 11 is 0. The highest BCUT2D eigenvalue weighted by molar-refractivity contribution is 7.90. The Balaban J connectivity index is 1.78. The van der Waals surface area contributed by atoms with Crippen LogP contribution < -0.4 is 10.3 Å². The molecule has 0 bridgehead atoms. The maximum atomic E-state index is 13.7. The van der Waals surface area contributed by atoms with E-state index in [1.165, 1.54) is 35.0 Å². The molecule has 0 amide bonds. The SMILES string of the molecule is Cn1cc2cc(-c3cc4cnc(S(C)(=O)=O)nc4n(-c4ccc(OC(F)F)cc4)c3=O)ccc2n1. The Hall–Kier alpha value is -4.19. The van der Waals surface area contributed by atoms with Crippen molar-refractivity contribution in [3.05, 3.63) is 71.3 Å². The lowest BCUT2D eigenvalue weighted by Gasteiger charge is -2.14. The largest absolute Gasteiger partial charge is 0.435 e. The minimum atomic E-state index is -3.76. The maximum absolute atomic E-state index is 13.7. The van der Waals surface area contributed by atoms with Gasteiger partial charge in [0.1, 0.15) is 5.75 Å². The average Bonchev–Trinajstić information content (AvgIpc) is 3.17. The molecule has 3 heterocycles. The minimum Gasteiger partial charge on any atom is -0.435 e. The molecule has 0 atom stereocenters. The summed E-state index contributed by atoms with van der Waals surface area (Å²) in [5, 5.41) is 5.13. The molecule has 0 radical (unpaired) electrons. The number of aryl methyl sites for hydroxylation is 1. The Morgan fingerprint density at radius 1 is 1.03 bits per heavy atom. The van der Waals surface area contributed by atoms with Gasteiger partial charge in [-0.3, -0.25) is 14.0 Å². The molecule has 0 aliphatic carbocycles. The Morgan fingerprint density at radius 3 is 2.46 bits per heavy atom. The molecule has 0 aliphatic heterocycles. The number of benzene rings is 2. The predicted molar refractivity (Wildman–Crippen MR) is 125 cm³/mol. The van der Waals surface area contributed by atoms with Crippen molar-refractivity contribution in [3.8, 4) is 22.6 Å². The Kier molecular flexibility index (Phi) is 5.32. The van der Waals surface area contributed by atoms with Crippen LogP contribution in [0, 0.1) is 0 Å². The molecule has 12 heteroatoms. The van der Waals surface area contributed by atoms with Crippen molar-refractivity contribution in [2.75, 3.05) is 6.26 Å². The van der Waals surface area contributed by atoms with Crippen LogP contribution >= 0.6 is 0 Å². The van der Waals surface area contributed by atoms with Crippen LogP contribution in [0.25, 0.3) is 38.8 Å². The van der Waals surface area contributed by atoms with Gasteiger partial charge >= 0.3 is 6.61 Å². The van der Waals surface area contributed by atoms with Gasteiger partial charge in [0.25, 0.3) is 5.56 Å². The Morgan fingerprint density at radius 2 is 1.77 bits per heavy atom. The number of nitrogens with zero attached hydrogens (tertiary/aromatic N) is 5. The van der Waals surface area contributed by atoms with Crippen molar-refractivity contribution < 1.29 is 21.9 Å². The molecule has 9 nitrogen and oxygen atoms in total. The fourth-order valence-corrected chi connectivity index (χ4v) is 4.30. The second-order valence-corrected chi connectivity index (χ2v) is 9.76. The number of halogens is 2. The van der Waals surface area contributed by atoms with E-state index in [1.807, 2.05) is 12.3 Å². The van der Waals surface area contributed by atoms with E-state index in [4.69, 9.17) is 0 Å². The van der Waals surface area contributed by atoms with Crippen LogP contribution in [-0.4, -0.2) is 45.6 Å². The highest BCUT2D eigenvalue weighted by atomic mass is 32.2. The number of hydrogen-bond donors (Lipinski definition) is 0. The maximum Gasteiger partial charge on any atom is 0.387 e. The number of sulfone groups is 1. The molecule has 35 heavy (non-hydrogen) atoms. The lowest BCUT2D eigenvalue weighted by molar-refractivity contribution is -0.0498. The molecule has 0 unspecified atom stereocenters. The number of ether oxygens (including phenoxy) is 1. The fourth-order valence-electron chi connectivity index (χ4n) is 3.80. The summed E-state index contributed by atoms with van der Waals surface area (Å²) < 4.78 is 56.5. The number of aromatic nitrogens is 5. The van der Waals surface area contributed by atoms with Gasteiger partial charge in [0.05, 0.1) is 11.2 Å². The molecule has 178 valence electrons. The first-order valence-corrected chi connectivity index (χ1v) is 12.1. The lowest BCUT2D eigenvalue weighted by atomic mass is 10.0. The Labute approximate surface area is 197 Å². The molecule has 0 N–H and O–H groups in total. The van der Waals surface area contributed by atoms with Crippen LogP contribution in [0.5, 0.6) is 5.75 Å². The summed E-state index contributed by atoms with van der Waals surface area (Å²) in [7, 11) is -1.97. The van der Waals surface area contributed by atoms with E-state index in [-0.39, 0.29) is 17.1 Å². The molecule has 0 spiro atoms. The summed E-state index contributed by atoms with van der Waals surface area (Å²) in [4.78, 5) is 21.8. The van der Waals surface area contributed by atoms with E-state index in [1.54, 1.807) is 29.9 Å². The molecular weight excluding hydrogens is 480 g/mol. The number of pyridine rings is 1. The lowest BCUT2D eigenvalue weighted by Crippen LogP contribution is -2.22. The van der Waals surface area contributed by atoms with Crippen LogP contribution in [0.3, 0.4) is 0 Å². The first-order valence-electron chi connectivity index (χ1n) is 10.2. The van der Waals surface area contributed by atoms with Crippen molar-refractivity contribution in [1.29, 1.82) is 0 Å². The van der Waals surface area contributed by atoms with Crippen molar-refractivity contribution in [3.63, 3.8) is 0 Å².